The highest BCUT2D eigenvalue weighted by molar-refractivity contribution is 7.51. The van der Waals surface area contributed by atoms with Gasteiger partial charge < -0.3 is 29.1 Å². The Morgan fingerprint density at radius 3 is 2.10 bits per heavy atom. The van der Waals surface area contributed by atoms with Crippen molar-refractivity contribution in [2.45, 2.75) is 24.9 Å². The summed E-state index contributed by atoms with van der Waals surface area (Å²) in [6, 6.07) is 28.3. The molecule has 5 rings (SSSR count). The molecule has 0 aliphatic rings. The molecular formula is C30H32N5O5P. The number of ether oxygens (including phenoxy) is 2. The summed E-state index contributed by atoms with van der Waals surface area (Å²) in [5.74, 6) is 1.31. The smallest absolute Gasteiger partial charge is 0.350 e. The molecule has 1 unspecified atom stereocenters. The van der Waals surface area contributed by atoms with Crippen LogP contribution < -0.4 is 10.1 Å². The minimum atomic E-state index is -4.21. The van der Waals surface area contributed by atoms with Crippen LogP contribution in [0.25, 0.3) is 11.2 Å². The molecule has 3 aromatic carbocycles. The van der Waals surface area contributed by atoms with Crippen molar-refractivity contribution in [2.24, 2.45) is 0 Å². The van der Waals surface area contributed by atoms with E-state index in [9.17, 15) is 4.57 Å². The highest BCUT2D eigenvalue weighted by Gasteiger charge is 2.37. The number of aromatic nitrogens is 4. The fraction of sp³-hybridized carbons (Fsp3) is 0.233. The highest BCUT2D eigenvalue weighted by atomic mass is 31.2. The molecule has 0 bridgehead atoms. The predicted octanol–water partition coefficient (Wildman–Crippen LogP) is 5.34. The van der Waals surface area contributed by atoms with Crippen molar-refractivity contribution in [1.82, 2.24) is 19.5 Å². The van der Waals surface area contributed by atoms with E-state index in [0.717, 1.165) is 22.4 Å². The van der Waals surface area contributed by atoms with Gasteiger partial charge in [-0.25, -0.2) is 15.0 Å². The Bertz CT molecular complexity index is 1580. The molecule has 10 nitrogen and oxygen atoms in total. The zero-order valence-electron chi connectivity index (χ0n) is 22.8. The van der Waals surface area contributed by atoms with Crippen LogP contribution in [0.3, 0.4) is 0 Å². The van der Waals surface area contributed by atoms with Gasteiger partial charge in [-0.3, -0.25) is 4.57 Å². The van der Waals surface area contributed by atoms with Crippen LogP contribution in [-0.4, -0.2) is 49.4 Å². The number of nitrogens with one attached hydrogen (secondary N) is 1. The molecule has 0 fully saturated rings. The first kappa shape index (κ1) is 28.4. The topological polar surface area (TPSA) is 132 Å². The highest BCUT2D eigenvalue weighted by Crippen LogP contribution is 2.41. The van der Waals surface area contributed by atoms with Crippen molar-refractivity contribution in [1.29, 1.82) is 0 Å². The van der Waals surface area contributed by atoms with Gasteiger partial charge in [0.05, 0.1) is 13.4 Å². The Hall–Kier alpha value is -4.08. The minimum absolute atomic E-state index is 0.0888. The van der Waals surface area contributed by atoms with Crippen molar-refractivity contribution in [3.8, 4) is 5.75 Å². The lowest BCUT2D eigenvalue weighted by atomic mass is 9.77. The zero-order chi connectivity index (χ0) is 28.9. The van der Waals surface area contributed by atoms with Gasteiger partial charge in [0.2, 0.25) is 0 Å². The Morgan fingerprint density at radius 2 is 1.51 bits per heavy atom. The number of hydrogen-bond acceptors (Lipinski definition) is 7. The van der Waals surface area contributed by atoms with Gasteiger partial charge in [-0.2, -0.15) is 0 Å². The second kappa shape index (κ2) is 12.2. The number of imidazole rings is 1. The molecule has 0 radical (unpaired) electrons. The van der Waals surface area contributed by atoms with Crippen LogP contribution in [-0.2, 0) is 14.8 Å². The van der Waals surface area contributed by atoms with E-state index in [-0.39, 0.29) is 12.6 Å². The number of benzene rings is 3. The van der Waals surface area contributed by atoms with E-state index in [4.69, 9.17) is 19.3 Å². The van der Waals surface area contributed by atoms with E-state index in [1.165, 1.54) is 6.33 Å². The van der Waals surface area contributed by atoms with Gasteiger partial charge in [-0.1, -0.05) is 72.8 Å². The van der Waals surface area contributed by atoms with Crippen molar-refractivity contribution in [3.63, 3.8) is 0 Å². The summed E-state index contributed by atoms with van der Waals surface area (Å²) in [5, 5.41) is 3.76. The Labute approximate surface area is 238 Å². The first-order valence-corrected chi connectivity index (χ1v) is 14.9. The molecule has 0 saturated heterocycles. The van der Waals surface area contributed by atoms with Crippen molar-refractivity contribution >= 4 is 24.6 Å². The summed E-state index contributed by atoms with van der Waals surface area (Å²) in [4.78, 5) is 32.0. The van der Waals surface area contributed by atoms with Crippen LogP contribution in [0.2, 0.25) is 0 Å². The number of hydrogen-bond donors (Lipinski definition) is 3. The molecule has 2 aromatic heterocycles. The molecule has 0 saturated carbocycles. The largest absolute Gasteiger partial charge is 0.497 e. The summed E-state index contributed by atoms with van der Waals surface area (Å²) < 4.78 is 23.6. The maximum Gasteiger partial charge on any atom is 0.350 e. The Morgan fingerprint density at radius 1 is 0.902 bits per heavy atom. The molecule has 1 atom stereocenters. The monoisotopic (exact) mass is 573 g/mol. The summed E-state index contributed by atoms with van der Waals surface area (Å²) in [6.45, 7) is 2.16. The van der Waals surface area contributed by atoms with Crippen molar-refractivity contribution in [2.75, 3.05) is 25.4 Å². The van der Waals surface area contributed by atoms with Gasteiger partial charge in [0.25, 0.3) is 0 Å². The molecule has 0 amide bonds. The van der Waals surface area contributed by atoms with E-state index in [0.29, 0.717) is 23.4 Å². The van der Waals surface area contributed by atoms with Crippen molar-refractivity contribution < 1.29 is 23.8 Å². The normalized spacial score (nSPS) is 12.8. The Kier molecular flexibility index (Phi) is 8.46. The van der Waals surface area contributed by atoms with Crippen LogP contribution >= 0.6 is 7.60 Å². The van der Waals surface area contributed by atoms with E-state index >= 15 is 0 Å². The fourth-order valence-electron chi connectivity index (χ4n) is 4.95. The summed E-state index contributed by atoms with van der Waals surface area (Å²) in [7, 11) is -2.56. The molecule has 0 aliphatic carbocycles. The van der Waals surface area contributed by atoms with Crippen LogP contribution in [0.15, 0.2) is 97.6 Å². The molecule has 41 heavy (non-hydrogen) atoms. The van der Waals surface area contributed by atoms with Gasteiger partial charge in [-0.05, 0) is 42.2 Å². The molecule has 5 aromatic rings. The third-order valence-corrected chi connectivity index (χ3v) is 7.53. The second-order valence-corrected chi connectivity index (χ2v) is 11.3. The molecular weight excluding hydrogens is 541 g/mol. The number of nitrogens with zero attached hydrogens (tertiary/aromatic N) is 4. The third-order valence-electron chi connectivity index (χ3n) is 7.02. The molecule has 0 aliphatic heterocycles. The summed E-state index contributed by atoms with van der Waals surface area (Å²) >= 11 is 0. The van der Waals surface area contributed by atoms with Gasteiger partial charge >= 0.3 is 7.60 Å². The second-order valence-electron chi connectivity index (χ2n) is 9.72. The average Bonchev–Trinajstić information content (AvgIpc) is 3.44. The first-order chi connectivity index (χ1) is 19.8. The Balaban J connectivity index is 1.58. The SMILES string of the molecule is COc1ccc(C(Nc2ncnc3c2ncn3C(C)CCOCP(=O)(O)O)(c2ccccc2)c2ccccc2)cc1. The number of fused-ring (bicyclic) bond motifs is 1. The lowest BCUT2D eigenvalue weighted by Gasteiger charge is -2.37. The van der Waals surface area contributed by atoms with Crippen molar-refractivity contribution in [3.05, 3.63) is 114 Å². The van der Waals surface area contributed by atoms with E-state index in [2.05, 4.69) is 44.5 Å². The van der Waals surface area contributed by atoms with E-state index in [1.54, 1.807) is 13.4 Å². The maximum atomic E-state index is 11.1. The fourth-order valence-corrected chi connectivity index (χ4v) is 5.32. The maximum absolute atomic E-state index is 11.1. The first-order valence-electron chi connectivity index (χ1n) is 13.2. The van der Waals surface area contributed by atoms with Crippen LogP contribution in [0.5, 0.6) is 5.75 Å². The molecule has 2 heterocycles. The lowest BCUT2D eigenvalue weighted by molar-refractivity contribution is 0.145. The standard InChI is InChI=1S/C30H32N5O5P/c1-22(17-18-40-21-41(36,37)38)35-20-33-27-28(31-19-32-29(27)35)34-30(23-9-5-3-6-10-23,24-11-7-4-8-12-24)25-13-15-26(39-2)16-14-25/h3-16,19-20,22H,17-18,21H2,1-2H3,(H,31,32,34)(H2,36,37,38). The van der Waals surface area contributed by atoms with Crippen LogP contribution in [0.1, 0.15) is 36.1 Å². The quantitative estimate of drug-likeness (QED) is 0.103. The summed E-state index contributed by atoms with van der Waals surface area (Å²) in [5.41, 5.74) is 3.41. The lowest BCUT2D eigenvalue weighted by Crippen LogP contribution is -2.38. The van der Waals surface area contributed by atoms with E-state index in [1.807, 2.05) is 72.2 Å². The number of rotatable bonds is 12. The number of methoxy groups -OCH3 is 1. The zero-order valence-corrected chi connectivity index (χ0v) is 23.7. The third kappa shape index (κ3) is 6.16. The molecule has 0 spiro atoms. The molecule has 11 heteroatoms. The molecule has 212 valence electrons. The summed E-state index contributed by atoms with van der Waals surface area (Å²) in [6.07, 6.45) is 3.13. The van der Waals surface area contributed by atoms with Gasteiger partial charge in [0.15, 0.2) is 11.5 Å². The van der Waals surface area contributed by atoms with Crippen LogP contribution in [0.4, 0.5) is 5.82 Å². The predicted molar refractivity (Wildman–Crippen MR) is 157 cm³/mol. The van der Waals surface area contributed by atoms with Gasteiger partial charge in [-0.15, -0.1) is 0 Å². The van der Waals surface area contributed by atoms with E-state index < -0.39 is 19.5 Å². The average molecular weight is 574 g/mol. The molecule has 3 N–H and O–H groups in total. The minimum Gasteiger partial charge on any atom is -0.497 e. The van der Waals surface area contributed by atoms with Gasteiger partial charge in [0, 0.05) is 12.6 Å². The number of anilines is 1. The van der Waals surface area contributed by atoms with Gasteiger partial charge in [0.1, 0.15) is 29.5 Å². The van der Waals surface area contributed by atoms with Crippen LogP contribution in [0, 0.1) is 0 Å².